The first-order valence-electron chi connectivity index (χ1n) is 10.3. The smallest absolute Gasteiger partial charge is 0.306 e. The van der Waals surface area contributed by atoms with Crippen LogP contribution in [0.25, 0.3) is 0 Å². The fourth-order valence-corrected chi connectivity index (χ4v) is 4.50. The normalized spacial score (nSPS) is 15.1. The first-order valence-corrected chi connectivity index (χ1v) is 11.7. The highest BCUT2D eigenvalue weighted by molar-refractivity contribution is 7.89. The zero-order chi connectivity index (χ0) is 22.1. The molecule has 0 bridgehead atoms. The number of ether oxygens (including phenoxy) is 2. The van der Waals surface area contributed by atoms with Gasteiger partial charge in [0.1, 0.15) is 5.75 Å². The molecule has 2 rings (SSSR count). The highest BCUT2D eigenvalue weighted by Crippen LogP contribution is 2.29. The van der Waals surface area contributed by atoms with E-state index >= 15 is 0 Å². The van der Waals surface area contributed by atoms with Crippen LogP contribution in [-0.2, 0) is 24.3 Å². The van der Waals surface area contributed by atoms with Crippen LogP contribution in [0.15, 0.2) is 23.1 Å². The van der Waals surface area contributed by atoms with Gasteiger partial charge < -0.3 is 14.8 Å². The Morgan fingerprint density at radius 3 is 2.50 bits per heavy atom. The maximum atomic E-state index is 12.3. The van der Waals surface area contributed by atoms with Gasteiger partial charge >= 0.3 is 5.97 Å². The Morgan fingerprint density at radius 1 is 1.17 bits per heavy atom. The van der Waals surface area contributed by atoms with Gasteiger partial charge in [0.2, 0.25) is 10.0 Å². The number of carbonyl (C=O) groups excluding carboxylic acids is 2. The molecule has 0 atom stereocenters. The second-order valence-corrected chi connectivity index (χ2v) is 9.91. The number of amides is 1. The average molecular weight is 441 g/mol. The number of hydrogen-bond acceptors (Lipinski definition) is 6. The number of methoxy groups -OCH3 is 1. The Bertz CT molecular complexity index is 832. The van der Waals surface area contributed by atoms with E-state index in [9.17, 15) is 18.0 Å². The number of benzene rings is 1. The zero-order valence-corrected chi connectivity index (χ0v) is 18.8. The molecule has 1 saturated carbocycles. The maximum Gasteiger partial charge on any atom is 0.306 e. The average Bonchev–Trinajstić information content (AvgIpc) is 2.73. The minimum absolute atomic E-state index is 0.0170. The van der Waals surface area contributed by atoms with Crippen LogP contribution >= 0.6 is 0 Å². The van der Waals surface area contributed by atoms with E-state index in [1.807, 2.05) is 0 Å². The molecular formula is C21H32N2O6S. The Balaban J connectivity index is 1.85. The van der Waals surface area contributed by atoms with Gasteiger partial charge in [0.05, 0.1) is 17.7 Å². The molecule has 0 saturated heterocycles. The summed E-state index contributed by atoms with van der Waals surface area (Å²) < 4.78 is 35.9. The highest BCUT2D eigenvalue weighted by atomic mass is 32.2. The second-order valence-electron chi connectivity index (χ2n) is 7.75. The Morgan fingerprint density at radius 2 is 1.87 bits per heavy atom. The molecule has 168 valence electrons. The number of nitrogens with zero attached hydrogens (tertiary/aromatic N) is 1. The van der Waals surface area contributed by atoms with Gasteiger partial charge in [-0.05, 0) is 37.0 Å². The van der Waals surface area contributed by atoms with Crippen molar-refractivity contribution in [1.29, 1.82) is 0 Å². The fourth-order valence-electron chi connectivity index (χ4n) is 3.57. The van der Waals surface area contributed by atoms with E-state index in [4.69, 9.17) is 9.47 Å². The van der Waals surface area contributed by atoms with Crippen LogP contribution in [0.4, 0.5) is 5.69 Å². The summed E-state index contributed by atoms with van der Waals surface area (Å²) in [5.74, 6) is 0.0399. The molecule has 1 fully saturated rings. The molecule has 0 heterocycles. The summed E-state index contributed by atoms with van der Waals surface area (Å²) in [6, 6.07) is 4.18. The predicted octanol–water partition coefficient (Wildman–Crippen LogP) is 3.18. The summed E-state index contributed by atoms with van der Waals surface area (Å²) in [5, 5.41) is 2.55. The Labute approximate surface area is 179 Å². The minimum atomic E-state index is -3.66. The first-order chi connectivity index (χ1) is 14.2. The molecule has 1 aromatic carbocycles. The van der Waals surface area contributed by atoms with E-state index in [2.05, 4.69) is 5.32 Å². The van der Waals surface area contributed by atoms with Crippen LogP contribution in [0.5, 0.6) is 5.75 Å². The van der Waals surface area contributed by atoms with Gasteiger partial charge in [-0.3, -0.25) is 9.59 Å². The van der Waals surface area contributed by atoms with Crippen molar-refractivity contribution in [2.24, 2.45) is 5.92 Å². The van der Waals surface area contributed by atoms with Crippen LogP contribution in [0.2, 0.25) is 0 Å². The topological polar surface area (TPSA) is 102 Å². The Kier molecular flexibility index (Phi) is 9.10. The highest BCUT2D eigenvalue weighted by Gasteiger charge is 2.20. The van der Waals surface area contributed by atoms with Crippen LogP contribution in [0.3, 0.4) is 0 Å². The van der Waals surface area contributed by atoms with E-state index in [-0.39, 0.29) is 10.6 Å². The Hall–Kier alpha value is -2.13. The lowest BCUT2D eigenvalue weighted by Crippen LogP contribution is -2.23. The van der Waals surface area contributed by atoms with Crippen LogP contribution in [0, 0.1) is 5.92 Å². The van der Waals surface area contributed by atoms with Gasteiger partial charge in [-0.25, -0.2) is 12.7 Å². The first kappa shape index (κ1) is 24.1. The summed E-state index contributed by atoms with van der Waals surface area (Å²) in [5.41, 5.74) is 0.193. The van der Waals surface area contributed by atoms with E-state index in [1.165, 1.54) is 71.5 Å². The van der Waals surface area contributed by atoms with Crippen molar-refractivity contribution in [3.8, 4) is 5.75 Å². The van der Waals surface area contributed by atoms with Gasteiger partial charge in [-0.1, -0.05) is 32.1 Å². The van der Waals surface area contributed by atoms with Crippen molar-refractivity contribution in [2.75, 3.05) is 33.1 Å². The molecule has 1 aliphatic rings. The molecule has 0 aliphatic heterocycles. The van der Waals surface area contributed by atoms with Gasteiger partial charge in [0.15, 0.2) is 6.61 Å². The third-order valence-corrected chi connectivity index (χ3v) is 7.12. The van der Waals surface area contributed by atoms with Gasteiger partial charge in [0, 0.05) is 20.5 Å². The summed E-state index contributed by atoms with van der Waals surface area (Å²) in [4.78, 5) is 24.1. The number of carbonyl (C=O) groups is 2. The van der Waals surface area contributed by atoms with E-state index in [1.54, 1.807) is 0 Å². The number of anilines is 1. The fraction of sp³-hybridized carbons (Fsp3) is 0.619. The number of hydrogen-bond donors (Lipinski definition) is 1. The minimum Gasteiger partial charge on any atom is -0.495 e. The van der Waals surface area contributed by atoms with Gasteiger partial charge in [-0.15, -0.1) is 0 Å². The summed E-state index contributed by atoms with van der Waals surface area (Å²) >= 11 is 0. The van der Waals surface area contributed by atoms with Gasteiger partial charge in [0.25, 0.3) is 5.91 Å². The van der Waals surface area contributed by atoms with E-state index < -0.39 is 28.5 Å². The molecule has 1 aromatic rings. The van der Waals surface area contributed by atoms with Crippen molar-refractivity contribution in [3.63, 3.8) is 0 Å². The number of sulfonamides is 1. The monoisotopic (exact) mass is 440 g/mol. The van der Waals surface area contributed by atoms with Crippen molar-refractivity contribution in [3.05, 3.63) is 18.2 Å². The zero-order valence-electron chi connectivity index (χ0n) is 18.0. The molecule has 0 aromatic heterocycles. The largest absolute Gasteiger partial charge is 0.495 e. The van der Waals surface area contributed by atoms with Crippen molar-refractivity contribution < 1.29 is 27.5 Å². The standard InChI is InChI=1S/C21H32N2O6S/c1-23(2)30(26,27)17-12-13-19(28-3)18(14-17)22-20(24)15-29-21(25)11-7-10-16-8-5-4-6-9-16/h12-14,16H,4-11,15H2,1-3H3,(H,22,24). The molecule has 1 N–H and O–H groups in total. The SMILES string of the molecule is COc1ccc(S(=O)(=O)N(C)C)cc1NC(=O)COC(=O)CCCC1CCCCC1. The molecule has 1 amide bonds. The molecular weight excluding hydrogens is 408 g/mol. The number of nitrogens with one attached hydrogen (secondary N) is 1. The van der Waals surface area contributed by atoms with Crippen molar-refractivity contribution in [1.82, 2.24) is 4.31 Å². The summed E-state index contributed by atoms with van der Waals surface area (Å²) in [7, 11) is 0.594. The lowest BCUT2D eigenvalue weighted by molar-refractivity contribution is -0.147. The lowest BCUT2D eigenvalue weighted by Gasteiger charge is -2.20. The lowest BCUT2D eigenvalue weighted by atomic mass is 9.86. The molecule has 8 nitrogen and oxygen atoms in total. The van der Waals surface area contributed by atoms with Crippen LogP contribution in [-0.4, -0.2) is 52.4 Å². The van der Waals surface area contributed by atoms with Crippen LogP contribution in [0.1, 0.15) is 51.4 Å². The van der Waals surface area contributed by atoms with E-state index in [0.717, 1.165) is 17.1 Å². The molecule has 0 unspecified atom stereocenters. The summed E-state index contributed by atoms with van der Waals surface area (Å²) in [6.45, 7) is -0.434. The van der Waals surface area contributed by atoms with E-state index in [0.29, 0.717) is 18.1 Å². The quantitative estimate of drug-likeness (QED) is 0.561. The number of esters is 1. The molecule has 0 spiro atoms. The second kappa shape index (κ2) is 11.3. The van der Waals surface area contributed by atoms with Crippen LogP contribution < -0.4 is 10.1 Å². The maximum absolute atomic E-state index is 12.3. The third-order valence-electron chi connectivity index (χ3n) is 5.31. The number of rotatable bonds is 10. The molecule has 30 heavy (non-hydrogen) atoms. The van der Waals surface area contributed by atoms with Crippen molar-refractivity contribution in [2.45, 2.75) is 56.3 Å². The molecule has 9 heteroatoms. The summed E-state index contributed by atoms with van der Waals surface area (Å²) in [6.07, 6.45) is 8.41. The predicted molar refractivity (Wildman–Crippen MR) is 114 cm³/mol. The van der Waals surface area contributed by atoms with Gasteiger partial charge in [-0.2, -0.15) is 0 Å². The molecule has 0 radical (unpaired) electrons. The molecule has 1 aliphatic carbocycles. The van der Waals surface area contributed by atoms with Crippen molar-refractivity contribution >= 4 is 27.6 Å². The third kappa shape index (κ3) is 6.98.